The van der Waals surface area contributed by atoms with Crippen LogP contribution in [0.3, 0.4) is 0 Å². The molecule has 0 saturated heterocycles. The number of esters is 3. The SMILES string of the molecule is CC(=O)Oc1ccc2cc(OC(=O)c3ccc(OCCCCCCCOC(=O)CCCCCO)cc3)ccc2c1. The number of carbonyl (C=O) groups excluding carboxylic acids is 3. The van der Waals surface area contributed by atoms with E-state index < -0.39 is 5.97 Å². The van der Waals surface area contributed by atoms with E-state index in [9.17, 15) is 14.4 Å². The molecule has 0 aliphatic rings. The van der Waals surface area contributed by atoms with Crippen molar-refractivity contribution in [2.24, 2.45) is 0 Å². The number of carbonyl (C=O) groups is 3. The number of benzene rings is 3. The Kier molecular flexibility index (Phi) is 13.0. The Morgan fingerprint density at radius 1 is 0.650 bits per heavy atom. The summed E-state index contributed by atoms with van der Waals surface area (Å²) in [7, 11) is 0. The maximum absolute atomic E-state index is 12.6. The van der Waals surface area contributed by atoms with Gasteiger partial charge in [0.05, 0.1) is 18.8 Å². The van der Waals surface area contributed by atoms with Gasteiger partial charge < -0.3 is 24.1 Å². The second-order valence-corrected chi connectivity index (χ2v) is 9.55. The van der Waals surface area contributed by atoms with Gasteiger partial charge in [-0.1, -0.05) is 37.8 Å². The maximum Gasteiger partial charge on any atom is 0.343 e. The monoisotopic (exact) mass is 550 g/mol. The zero-order chi connectivity index (χ0) is 28.6. The summed E-state index contributed by atoms with van der Waals surface area (Å²) in [4.78, 5) is 35.3. The molecule has 0 atom stereocenters. The summed E-state index contributed by atoms with van der Waals surface area (Å²) in [5.74, 6) is 0.575. The van der Waals surface area contributed by atoms with Gasteiger partial charge in [0, 0.05) is 20.0 Å². The number of fused-ring (bicyclic) bond motifs is 1. The molecule has 0 heterocycles. The van der Waals surface area contributed by atoms with E-state index in [2.05, 4.69) is 0 Å². The first-order valence-electron chi connectivity index (χ1n) is 13.9. The highest BCUT2D eigenvalue weighted by Crippen LogP contribution is 2.26. The predicted octanol–water partition coefficient (Wildman–Crippen LogP) is 6.41. The fourth-order valence-electron chi connectivity index (χ4n) is 4.09. The van der Waals surface area contributed by atoms with Crippen LogP contribution in [0.25, 0.3) is 10.8 Å². The van der Waals surface area contributed by atoms with Gasteiger partial charge in [-0.15, -0.1) is 0 Å². The molecule has 0 aliphatic heterocycles. The normalized spacial score (nSPS) is 10.8. The van der Waals surface area contributed by atoms with E-state index in [0.29, 0.717) is 42.4 Å². The molecule has 214 valence electrons. The van der Waals surface area contributed by atoms with E-state index in [1.807, 2.05) is 0 Å². The largest absolute Gasteiger partial charge is 0.494 e. The molecule has 3 aromatic rings. The summed E-state index contributed by atoms with van der Waals surface area (Å²) < 4.78 is 21.7. The molecule has 0 radical (unpaired) electrons. The highest BCUT2D eigenvalue weighted by Gasteiger charge is 2.10. The van der Waals surface area contributed by atoms with Crippen LogP contribution in [-0.4, -0.2) is 42.8 Å². The third kappa shape index (κ3) is 11.1. The molecule has 1 N–H and O–H groups in total. The molecular formula is C32H38O8. The quantitative estimate of drug-likeness (QED) is 0.117. The first kappa shape index (κ1) is 30.6. The molecule has 0 aliphatic carbocycles. The molecule has 0 unspecified atom stereocenters. The molecule has 3 aromatic carbocycles. The van der Waals surface area contributed by atoms with Gasteiger partial charge in [0.25, 0.3) is 0 Å². The average Bonchev–Trinajstić information content (AvgIpc) is 2.94. The molecule has 0 fully saturated rings. The molecular weight excluding hydrogens is 512 g/mol. The van der Waals surface area contributed by atoms with Gasteiger partial charge in [0.1, 0.15) is 17.2 Å². The number of aliphatic hydroxyl groups excluding tert-OH is 1. The fourth-order valence-corrected chi connectivity index (χ4v) is 4.09. The average molecular weight is 551 g/mol. The molecule has 0 saturated carbocycles. The third-order valence-corrected chi connectivity index (χ3v) is 6.20. The van der Waals surface area contributed by atoms with Crippen molar-refractivity contribution in [1.29, 1.82) is 0 Å². The van der Waals surface area contributed by atoms with Crippen molar-refractivity contribution >= 4 is 28.7 Å². The summed E-state index contributed by atoms with van der Waals surface area (Å²) in [6.45, 7) is 2.57. The van der Waals surface area contributed by atoms with E-state index in [0.717, 1.165) is 62.1 Å². The molecule has 40 heavy (non-hydrogen) atoms. The second kappa shape index (κ2) is 16.9. The van der Waals surface area contributed by atoms with Crippen LogP contribution in [0.5, 0.6) is 17.2 Å². The number of rotatable bonds is 17. The topological polar surface area (TPSA) is 108 Å². The zero-order valence-corrected chi connectivity index (χ0v) is 23.1. The first-order chi connectivity index (χ1) is 19.4. The van der Waals surface area contributed by atoms with Gasteiger partial charge in [-0.2, -0.15) is 0 Å². The van der Waals surface area contributed by atoms with Gasteiger partial charge in [-0.05, 0) is 85.0 Å². The van der Waals surface area contributed by atoms with E-state index in [4.69, 9.17) is 24.1 Å². The Morgan fingerprint density at radius 2 is 1.23 bits per heavy atom. The van der Waals surface area contributed by atoms with Gasteiger partial charge in [0.15, 0.2) is 0 Å². The third-order valence-electron chi connectivity index (χ3n) is 6.20. The van der Waals surface area contributed by atoms with Gasteiger partial charge in [-0.25, -0.2) is 4.79 Å². The van der Waals surface area contributed by atoms with E-state index in [1.54, 1.807) is 60.7 Å². The molecule has 0 bridgehead atoms. The highest BCUT2D eigenvalue weighted by atomic mass is 16.5. The summed E-state index contributed by atoms with van der Waals surface area (Å²) >= 11 is 0. The van der Waals surface area contributed by atoms with Crippen molar-refractivity contribution in [2.75, 3.05) is 19.8 Å². The van der Waals surface area contributed by atoms with E-state index in [-0.39, 0.29) is 18.5 Å². The van der Waals surface area contributed by atoms with Gasteiger partial charge in [-0.3, -0.25) is 9.59 Å². The Morgan fingerprint density at radius 3 is 1.88 bits per heavy atom. The summed E-state index contributed by atoms with van der Waals surface area (Å²) in [5, 5.41) is 10.5. The van der Waals surface area contributed by atoms with Crippen LogP contribution in [0.1, 0.15) is 75.1 Å². The van der Waals surface area contributed by atoms with Gasteiger partial charge >= 0.3 is 17.9 Å². The minimum atomic E-state index is -0.463. The van der Waals surface area contributed by atoms with Crippen LogP contribution in [0, 0.1) is 0 Å². The zero-order valence-electron chi connectivity index (χ0n) is 23.1. The van der Waals surface area contributed by atoms with Crippen LogP contribution >= 0.6 is 0 Å². The van der Waals surface area contributed by atoms with Crippen molar-refractivity contribution in [3.8, 4) is 17.2 Å². The summed E-state index contributed by atoms with van der Waals surface area (Å²) in [6.07, 6.45) is 7.61. The van der Waals surface area contributed by atoms with Crippen LogP contribution < -0.4 is 14.2 Å². The van der Waals surface area contributed by atoms with Crippen LogP contribution in [0.15, 0.2) is 60.7 Å². The van der Waals surface area contributed by atoms with Crippen molar-refractivity contribution < 1.29 is 38.4 Å². The van der Waals surface area contributed by atoms with Crippen LogP contribution in [0.2, 0.25) is 0 Å². The standard InChI is InChI=1S/C32H38O8/c1-24(34)39-29-17-13-27-23-30(18-14-26(27)22-29)40-32(36)25-11-15-28(16-12-25)37-20-8-3-2-4-9-21-38-31(35)10-6-5-7-19-33/h11-18,22-23,33H,2-10,19-21H2,1H3. The minimum absolute atomic E-state index is 0.156. The smallest absolute Gasteiger partial charge is 0.343 e. The second-order valence-electron chi connectivity index (χ2n) is 9.55. The Bertz CT molecular complexity index is 1240. The van der Waals surface area contributed by atoms with Crippen LogP contribution in [-0.2, 0) is 14.3 Å². The lowest BCUT2D eigenvalue weighted by Crippen LogP contribution is -2.08. The number of unbranched alkanes of at least 4 members (excludes halogenated alkanes) is 6. The predicted molar refractivity (Wildman–Crippen MR) is 152 cm³/mol. The molecule has 3 rings (SSSR count). The highest BCUT2D eigenvalue weighted by molar-refractivity contribution is 5.92. The molecule has 0 amide bonds. The Balaban J connectivity index is 1.30. The molecule has 8 nitrogen and oxygen atoms in total. The maximum atomic E-state index is 12.6. The molecule has 8 heteroatoms. The Labute approximate surface area is 235 Å². The molecule has 0 aromatic heterocycles. The van der Waals surface area contributed by atoms with Gasteiger partial charge in [0.2, 0.25) is 0 Å². The summed E-state index contributed by atoms with van der Waals surface area (Å²) in [6, 6.07) is 17.4. The van der Waals surface area contributed by atoms with Crippen molar-refractivity contribution in [2.45, 2.75) is 64.7 Å². The molecule has 0 spiro atoms. The van der Waals surface area contributed by atoms with Crippen molar-refractivity contribution in [3.05, 3.63) is 66.2 Å². The number of ether oxygens (including phenoxy) is 4. The van der Waals surface area contributed by atoms with Crippen LogP contribution in [0.4, 0.5) is 0 Å². The Hall–Kier alpha value is -3.91. The van der Waals surface area contributed by atoms with Crippen molar-refractivity contribution in [1.82, 2.24) is 0 Å². The lowest BCUT2D eigenvalue weighted by Gasteiger charge is -2.09. The fraction of sp³-hybridized carbons (Fsp3) is 0.406. The minimum Gasteiger partial charge on any atom is -0.494 e. The van der Waals surface area contributed by atoms with E-state index >= 15 is 0 Å². The summed E-state index contributed by atoms with van der Waals surface area (Å²) in [5.41, 5.74) is 0.420. The number of hydrogen-bond acceptors (Lipinski definition) is 8. The lowest BCUT2D eigenvalue weighted by molar-refractivity contribution is -0.144. The van der Waals surface area contributed by atoms with Crippen molar-refractivity contribution in [3.63, 3.8) is 0 Å². The van der Waals surface area contributed by atoms with E-state index in [1.165, 1.54) is 6.92 Å². The number of hydrogen-bond donors (Lipinski definition) is 1. The first-order valence-corrected chi connectivity index (χ1v) is 13.9. The number of aliphatic hydroxyl groups is 1. The lowest BCUT2D eigenvalue weighted by atomic mass is 10.1.